The Labute approximate surface area is 225 Å². The normalized spacial score (nSPS) is 19.2. The number of hydrogen-bond donors (Lipinski definition) is 1. The average molecular weight is 527 g/mol. The number of piperidine rings is 1. The summed E-state index contributed by atoms with van der Waals surface area (Å²) in [5, 5.41) is 2.26. The third kappa shape index (κ3) is 4.43. The van der Waals surface area contributed by atoms with Gasteiger partial charge in [-0.05, 0) is 23.6 Å². The van der Waals surface area contributed by atoms with Crippen LogP contribution >= 0.6 is 0 Å². The van der Waals surface area contributed by atoms with Crippen LogP contribution in [-0.2, 0) is 22.7 Å². The molecule has 0 aliphatic carbocycles. The van der Waals surface area contributed by atoms with E-state index in [2.05, 4.69) is 5.32 Å². The Kier molecular flexibility index (Phi) is 6.34. The van der Waals surface area contributed by atoms with Gasteiger partial charge in [0.1, 0.15) is 11.9 Å². The number of benzene rings is 3. The van der Waals surface area contributed by atoms with E-state index in [9.17, 15) is 19.2 Å². The van der Waals surface area contributed by atoms with Crippen LogP contribution in [0.4, 0.5) is 9.18 Å². The molecule has 39 heavy (non-hydrogen) atoms. The largest absolute Gasteiger partial charge is 0.322 e. The lowest BCUT2D eigenvalue weighted by Crippen LogP contribution is -2.52. The molecule has 1 unspecified atom stereocenters. The van der Waals surface area contributed by atoms with E-state index in [1.807, 2.05) is 65.6 Å². The maximum atomic E-state index is 15.7. The quantitative estimate of drug-likeness (QED) is 0.497. The number of amides is 5. The van der Waals surface area contributed by atoms with Crippen molar-refractivity contribution in [3.05, 3.63) is 106 Å². The fourth-order valence-electron chi connectivity index (χ4n) is 5.79. The molecule has 3 aromatic rings. The highest BCUT2D eigenvalue weighted by molar-refractivity contribution is 6.05. The topological polar surface area (TPSA) is 90.0 Å². The molecule has 3 heterocycles. The van der Waals surface area contributed by atoms with E-state index in [1.54, 1.807) is 17.0 Å². The van der Waals surface area contributed by atoms with Gasteiger partial charge in [-0.1, -0.05) is 66.7 Å². The van der Waals surface area contributed by atoms with E-state index >= 15 is 4.39 Å². The number of imide groups is 1. The molecule has 198 valence electrons. The summed E-state index contributed by atoms with van der Waals surface area (Å²) in [7, 11) is 0. The number of hydrogen-bond acceptors (Lipinski definition) is 4. The Bertz CT molecular complexity index is 1420. The molecule has 1 N–H and O–H groups in total. The smallest absolute Gasteiger partial charge is 0.321 e. The van der Waals surface area contributed by atoms with Crippen LogP contribution in [0, 0.1) is 5.82 Å². The van der Waals surface area contributed by atoms with Crippen molar-refractivity contribution in [2.45, 2.75) is 38.0 Å². The van der Waals surface area contributed by atoms with Crippen LogP contribution in [0.15, 0.2) is 72.8 Å². The van der Waals surface area contributed by atoms with Crippen LogP contribution < -0.4 is 5.32 Å². The van der Waals surface area contributed by atoms with Crippen LogP contribution in [0.25, 0.3) is 0 Å². The molecule has 0 saturated carbocycles. The maximum absolute atomic E-state index is 15.7. The second-order valence-electron chi connectivity index (χ2n) is 10.1. The highest BCUT2D eigenvalue weighted by Gasteiger charge is 2.41. The Balaban J connectivity index is 1.22. The summed E-state index contributed by atoms with van der Waals surface area (Å²) in [6.45, 7) is 0.941. The first-order valence-electron chi connectivity index (χ1n) is 13.0. The number of urea groups is 1. The van der Waals surface area contributed by atoms with Crippen molar-refractivity contribution < 1.29 is 23.6 Å². The summed E-state index contributed by atoms with van der Waals surface area (Å²) >= 11 is 0. The van der Waals surface area contributed by atoms with Gasteiger partial charge in [0.15, 0.2) is 0 Å². The highest BCUT2D eigenvalue weighted by atomic mass is 19.1. The van der Waals surface area contributed by atoms with Gasteiger partial charge in [-0.15, -0.1) is 0 Å². The summed E-state index contributed by atoms with van der Waals surface area (Å²) in [5.74, 6) is -1.88. The van der Waals surface area contributed by atoms with Crippen LogP contribution in [0.3, 0.4) is 0 Å². The molecule has 9 heteroatoms. The summed E-state index contributed by atoms with van der Waals surface area (Å²) in [6, 6.07) is 21.5. The first-order chi connectivity index (χ1) is 18.9. The molecular formula is C30H27FN4O4. The molecule has 0 aromatic heterocycles. The Morgan fingerprint density at radius 2 is 1.54 bits per heavy atom. The molecule has 3 aliphatic heterocycles. The summed E-state index contributed by atoms with van der Waals surface area (Å²) in [6.07, 6.45) is 0.339. The SMILES string of the molecule is O=C1CCC(N2Cc3c(ccc(CN4CCN(C(c5ccccc5)c5ccccc5)C4=O)c3F)C2=O)C(=O)N1. The van der Waals surface area contributed by atoms with Crippen molar-refractivity contribution in [1.82, 2.24) is 20.0 Å². The van der Waals surface area contributed by atoms with Crippen molar-refractivity contribution in [3.63, 3.8) is 0 Å². The first-order valence-corrected chi connectivity index (χ1v) is 13.0. The number of halogens is 1. The van der Waals surface area contributed by atoms with E-state index in [0.29, 0.717) is 18.7 Å². The predicted molar refractivity (Wildman–Crippen MR) is 140 cm³/mol. The van der Waals surface area contributed by atoms with E-state index in [4.69, 9.17) is 0 Å². The molecular weight excluding hydrogens is 499 g/mol. The van der Waals surface area contributed by atoms with E-state index in [-0.39, 0.29) is 55.0 Å². The molecule has 8 nitrogen and oxygen atoms in total. The zero-order valence-corrected chi connectivity index (χ0v) is 21.2. The number of nitrogens with one attached hydrogen (secondary N) is 1. The van der Waals surface area contributed by atoms with Crippen molar-refractivity contribution in [1.29, 1.82) is 0 Å². The second kappa shape index (κ2) is 9.98. The molecule has 0 bridgehead atoms. The summed E-state index contributed by atoms with van der Waals surface area (Å²) < 4.78 is 15.7. The fraction of sp³-hybridized carbons (Fsp3) is 0.267. The third-order valence-electron chi connectivity index (χ3n) is 7.76. The van der Waals surface area contributed by atoms with Gasteiger partial charge in [0.2, 0.25) is 11.8 Å². The van der Waals surface area contributed by atoms with Crippen molar-refractivity contribution in [2.75, 3.05) is 13.1 Å². The van der Waals surface area contributed by atoms with Gasteiger partial charge in [0, 0.05) is 36.2 Å². The summed E-state index contributed by atoms with van der Waals surface area (Å²) in [4.78, 5) is 55.2. The van der Waals surface area contributed by atoms with Crippen LogP contribution in [0.2, 0.25) is 0 Å². The van der Waals surface area contributed by atoms with Crippen LogP contribution in [0.1, 0.15) is 51.5 Å². The van der Waals surface area contributed by atoms with Crippen LogP contribution in [-0.4, -0.2) is 57.6 Å². The molecule has 3 aliphatic rings. The third-order valence-corrected chi connectivity index (χ3v) is 7.76. The zero-order valence-electron chi connectivity index (χ0n) is 21.2. The molecule has 2 fully saturated rings. The lowest BCUT2D eigenvalue weighted by molar-refractivity contribution is -0.136. The van der Waals surface area contributed by atoms with Gasteiger partial charge in [-0.3, -0.25) is 19.7 Å². The number of rotatable bonds is 6. The zero-order chi connectivity index (χ0) is 27.1. The Morgan fingerprint density at radius 1 is 0.872 bits per heavy atom. The predicted octanol–water partition coefficient (Wildman–Crippen LogP) is 3.61. The minimum Gasteiger partial charge on any atom is -0.322 e. The second-order valence-corrected chi connectivity index (χ2v) is 10.1. The summed E-state index contributed by atoms with van der Waals surface area (Å²) in [5.41, 5.74) is 2.74. The van der Waals surface area contributed by atoms with Crippen LogP contribution in [0.5, 0.6) is 0 Å². The van der Waals surface area contributed by atoms with Crippen molar-refractivity contribution in [2.24, 2.45) is 0 Å². The fourth-order valence-corrected chi connectivity index (χ4v) is 5.79. The number of nitrogens with zero attached hydrogens (tertiary/aromatic N) is 3. The van der Waals surface area contributed by atoms with Gasteiger partial charge < -0.3 is 14.7 Å². The van der Waals surface area contributed by atoms with Crippen molar-refractivity contribution >= 4 is 23.8 Å². The van der Waals surface area contributed by atoms with Crippen molar-refractivity contribution in [3.8, 4) is 0 Å². The van der Waals surface area contributed by atoms with Gasteiger partial charge in [-0.2, -0.15) is 0 Å². The lowest BCUT2D eigenvalue weighted by atomic mass is 9.97. The first kappa shape index (κ1) is 24.8. The number of carbonyl (C=O) groups excluding carboxylic acids is 4. The highest BCUT2D eigenvalue weighted by Crippen LogP contribution is 2.34. The lowest BCUT2D eigenvalue weighted by Gasteiger charge is -2.29. The minimum absolute atomic E-state index is 0.0513. The molecule has 2 saturated heterocycles. The standard InChI is InChI=1S/C30H27FN4O4/c31-26-21(11-12-22-23(26)18-35(29(22)38)24-13-14-25(36)32-28(24)37)17-33-15-16-34(30(33)39)27(19-7-3-1-4-8-19)20-9-5-2-6-10-20/h1-12,24,27H,13-18H2,(H,32,36,37). The molecule has 0 spiro atoms. The average Bonchev–Trinajstić information content (AvgIpc) is 3.47. The van der Waals surface area contributed by atoms with Gasteiger partial charge in [0.25, 0.3) is 5.91 Å². The van der Waals surface area contributed by atoms with E-state index in [1.165, 1.54) is 4.90 Å². The molecule has 0 radical (unpaired) electrons. The minimum atomic E-state index is -0.813. The van der Waals surface area contributed by atoms with Gasteiger partial charge in [-0.25, -0.2) is 9.18 Å². The van der Waals surface area contributed by atoms with Gasteiger partial charge in [0.05, 0.1) is 19.1 Å². The van der Waals surface area contributed by atoms with E-state index in [0.717, 1.165) is 11.1 Å². The van der Waals surface area contributed by atoms with E-state index < -0.39 is 23.7 Å². The maximum Gasteiger partial charge on any atom is 0.321 e. The number of carbonyl (C=O) groups is 4. The van der Waals surface area contributed by atoms with Gasteiger partial charge >= 0.3 is 6.03 Å². The monoisotopic (exact) mass is 526 g/mol. The molecule has 1 atom stereocenters. The molecule has 6 rings (SSSR count). The molecule has 3 aromatic carbocycles. The number of fused-ring (bicyclic) bond motifs is 1. The Morgan fingerprint density at radius 3 is 2.18 bits per heavy atom. The molecule has 5 amide bonds. The Hall–Kier alpha value is -4.53.